The van der Waals surface area contributed by atoms with Crippen LogP contribution in [0, 0.1) is 0 Å². The highest BCUT2D eigenvalue weighted by molar-refractivity contribution is 5.98. The molecular formula is C11H14O2. The minimum atomic E-state index is 0.312. The highest BCUT2D eigenvalue weighted by Crippen LogP contribution is 2.31. The van der Waals surface area contributed by atoms with Gasteiger partial charge in [-0.3, -0.25) is 4.79 Å². The summed E-state index contributed by atoms with van der Waals surface area (Å²) >= 11 is 0. The number of Topliss-reactive ketones (excluding diaryl/α,β-unsaturated/α-hetero) is 1. The van der Waals surface area contributed by atoms with Crippen molar-refractivity contribution >= 4 is 5.78 Å². The van der Waals surface area contributed by atoms with Gasteiger partial charge in [0.25, 0.3) is 0 Å². The van der Waals surface area contributed by atoms with Gasteiger partial charge in [0.05, 0.1) is 6.10 Å². The maximum Gasteiger partial charge on any atom is 0.162 e. The number of rotatable bonds is 1. The fraction of sp³-hybridized carbons (Fsp3) is 0.545. The van der Waals surface area contributed by atoms with Crippen LogP contribution in [0.1, 0.15) is 25.7 Å². The van der Waals surface area contributed by atoms with Crippen LogP contribution in [0.4, 0.5) is 0 Å². The SMILES string of the molecule is COC1CCC2=C(C=CCC2=O)C1. The predicted molar refractivity (Wildman–Crippen MR) is 50.4 cm³/mol. The molecule has 70 valence electrons. The zero-order chi connectivity index (χ0) is 9.26. The molecular weight excluding hydrogens is 164 g/mol. The molecule has 0 fully saturated rings. The molecule has 0 aliphatic heterocycles. The summed E-state index contributed by atoms with van der Waals surface area (Å²) in [5.41, 5.74) is 2.25. The van der Waals surface area contributed by atoms with Crippen molar-refractivity contribution in [1.82, 2.24) is 0 Å². The lowest BCUT2D eigenvalue weighted by molar-refractivity contribution is -0.115. The molecule has 0 radical (unpaired) electrons. The maximum atomic E-state index is 11.5. The number of hydrogen-bond acceptors (Lipinski definition) is 2. The highest BCUT2D eigenvalue weighted by atomic mass is 16.5. The van der Waals surface area contributed by atoms with Gasteiger partial charge < -0.3 is 4.74 Å². The Morgan fingerprint density at radius 2 is 2.38 bits per heavy atom. The maximum absolute atomic E-state index is 11.5. The number of ketones is 1. The van der Waals surface area contributed by atoms with Crippen LogP contribution < -0.4 is 0 Å². The lowest BCUT2D eigenvalue weighted by Crippen LogP contribution is -2.21. The van der Waals surface area contributed by atoms with E-state index in [2.05, 4.69) is 6.08 Å². The molecule has 0 heterocycles. The Balaban J connectivity index is 2.22. The molecule has 1 unspecified atom stereocenters. The molecule has 0 saturated carbocycles. The van der Waals surface area contributed by atoms with Crippen molar-refractivity contribution in [2.45, 2.75) is 31.8 Å². The largest absolute Gasteiger partial charge is 0.381 e. The van der Waals surface area contributed by atoms with E-state index in [1.54, 1.807) is 7.11 Å². The van der Waals surface area contributed by atoms with Gasteiger partial charge in [0.1, 0.15) is 0 Å². The summed E-state index contributed by atoms with van der Waals surface area (Å²) in [6, 6.07) is 0. The Hall–Kier alpha value is -0.890. The van der Waals surface area contributed by atoms with Crippen LogP contribution in [-0.2, 0) is 9.53 Å². The molecule has 2 rings (SSSR count). The first-order chi connectivity index (χ1) is 6.31. The number of carbonyl (C=O) groups excluding carboxylic acids is 1. The summed E-state index contributed by atoms with van der Waals surface area (Å²) in [6.07, 6.45) is 7.76. The van der Waals surface area contributed by atoms with Gasteiger partial charge in [0.2, 0.25) is 0 Å². The summed E-state index contributed by atoms with van der Waals surface area (Å²) in [6.45, 7) is 0. The first-order valence-electron chi connectivity index (χ1n) is 4.76. The molecule has 1 atom stereocenters. The van der Waals surface area contributed by atoms with Gasteiger partial charge in [-0.05, 0) is 30.4 Å². The Morgan fingerprint density at radius 1 is 1.54 bits per heavy atom. The molecule has 0 bridgehead atoms. The van der Waals surface area contributed by atoms with E-state index >= 15 is 0 Å². The van der Waals surface area contributed by atoms with Gasteiger partial charge in [-0.25, -0.2) is 0 Å². The minimum absolute atomic E-state index is 0.312. The van der Waals surface area contributed by atoms with Crippen molar-refractivity contribution < 1.29 is 9.53 Å². The normalized spacial score (nSPS) is 27.8. The van der Waals surface area contributed by atoms with Crippen molar-refractivity contribution in [2.75, 3.05) is 7.11 Å². The molecule has 0 aromatic rings. The van der Waals surface area contributed by atoms with Crippen LogP contribution >= 0.6 is 0 Å². The van der Waals surface area contributed by atoms with Gasteiger partial charge in [0, 0.05) is 13.5 Å². The van der Waals surface area contributed by atoms with E-state index in [4.69, 9.17) is 4.74 Å². The van der Waals surface area contributed by atoms with Gasteiger partial charge in [-0.1, -0.05) is 12.2 Å². The minimum Gasteiger partial charge on any atom is -0.381 e. The van der Waals surface area contributed by atoms with E-state index in [1.807, 2.05) is 6.08 Å². The fourth-order valence-corrected chi connectivity index (χ4v) is 2.06. The molecule has 0 saturated heterocycles. The van der Waals surface area contributed by atoms with Crippen molar-refractivity contribution in [2.24, 2.45) is 0 Å². The van der Waals surface area contributed by atoms with E-state index in [0.717, 1.165) is 24.8 Å². The molecule has 0 N–H and O–H groups in total. The van der Waals surface area contributed by atoms with Gasteiger partial charge in [-0.2, -0.15) is 0 Å². The summed E-state index contributed by atoms with van der Waals surface area (Å²) in [5.74, 6) is 0.312. The van der Waals surface area contributed by atoms with Crippen molar-refractivity contribution in [3.63, 3.8) is 0 Å². The second kappa shape index (κ2) is 3.46. The molecule has 2 aliphatic rings. The molecule has 0 aromatic heterocycles. The third-order valence-electron chi connectivity index (χ3n) is 2.84. The standard InChI is InChI=1S/C11H14O2/c1-13-9-5-6-10-8(7-9)3-2-4-11(10)12/h2-3,9H,4-7H2,1H3. The topological polar surface area (TPSA) is 26.3 Å². The lowest BCUT2D eigenvalue weighted by atomic mass is 9.84. The van der Waals surface area contributed by atoms with Crippen molar-refractivity contribution in [3.05, 3.63) is 23.3 Å². The van der Waals surface area contributed by atoms with E-state index in [-0.39, 0.29) is 0 Å². The summed E-state index contributed by atoms with van der Waals surface area (Å²) in [4.78, 5) is 11.5. The summed E-state index contributed by atoms with van der Waals surface area (Å²) < 4.78 is 5.30. The van der Waals surface area contributed by atoms with Crippen molar-refractivity contribution in [3.8, 4) is 0 Å². The van der Waals surface area contributed by atoms with Crippen molar-refractivity contribution in [1.29, 1.82) is 0 Å². The summed E-state index contributed by atoms with van der Waals surface area (Å²) in [7, 11) is 1.74. The molecule has 2 heteroatoms. The molecule has 0 amide bonds. The number of hydrogen-bond donors (Lipinski definition) is 0. The number of methoxy groups -OCH3 is 1. The average Bonchev–Trinajstić information content (AvgIpc) is 2.18. The first-order valence-corrected chi connectivity index (χ1v) is 4.76. The number of ether oxygens (including phenoxy) is 1. The van der Waals surface area contributed by atoms with E-state index in [9.17, 15) is 4.79 Å². The monoisotopic (exact) mass is 178 g/mol. The zero-order valence-electron chi connectivity index (χ0n) is 7.88. The Morgan fingerprint density at radius 3 is 3.15 bits per heavy atom. The predicted octanol–water partition coefficient (Wildman–Crippen LogP) is 2.01. The van der Waals surface area contributed by atoms with Gasteiger partial charge in [0.15, 0.2) is 5.78 Å². The van der Waals surface area contributed by atoms with Crippen LogP contribution in [0.3, 0.4) is 0 Å². The Labute approximate surface area is 78.3 Å². The molecule has 2 aliphatic carbocycles. The first kappa shape index (κ1) is 8.70. The average molecular weight is 178 g/mol. The Kier molecular flexibility index (Phi) is 2.32. The number of allylic oxidation sites excluding steroid dienone is 3. The van der Waals surface area contributed by atoms with Gasteiger partial charge in [-0.15, -0.1) is 0 Å². The van der Waals surface area contributed by atoms with Crippen LogP contribution in [-0.4, -0.2) is 19.0 Å². The lowest BCUT2D eigenvalue weighted by Gasteiger charge is -2.25. The Bertz CT molecular complexity index is 286. The summed E-state index contributed by atoms with van der Waals surface area (Å²) in [5, 5.41) is 0. The van der Waals surface area contributed by atoms with E-state index in [1.165, 1.54) is 5.57 Å². The van der Waals surface area contributed by atoms with Gasteiger partial charge >= 0.3 is 0 Å². The highest BCUT2D eigenvalue weighted by Gasteiger charge is 2.24. The van der Waals surface area contributed by atoms with E-state index < -0.39 is 0 Å². The fourth-order valence-electron chi connectivity index (χ4n) is 2.06. The molecule has 13 heavy (non-hydrogen) atoms. The molecule has 2 nitrogen and oxygen atoms in total. The van der Waals surface area contributed by atoms with Crippen LogP contribution in [0.2, 0.25) is 0 Å². The molecule has 0 spiro atoms. The van der Waals surface area contributed by atoms with Crippen LogP contribution in [0.25, 0.3) is 0 Å². The van der Waals surface area contributed by atoms with Crippen LogP contribution in [0.5, 0.6) is 0 Å². The van der Waals surface area contributed by atoms with Crippen LogP contribution in [0.15, 0.2) is 23.3 Å². The number of carbonyl (C=O) groups is 1. The second-order valence-corrected chi connectivity index (χ2v) is 3.63. The molecule has 0 aromatic carbocycles. The second-order valence-electron chi connectivity index (χ2n) is 3.63. The third kappa shape index (κ3) is 1.59. The zero-order valence-corrected chi connectivity index (χ0v) is 7.88. The van der Waals surface area contributed by atoms with E-state index in [0.29, 0.717) is 18.3 Å². The third-order valence-corrected chi connectivity index (χ3v) is 2.84. The quantitative estimate of drug-likeness (QED) is 0.614. The smallest absolute Gasteiger partial charge is 0.162 e.